The summed E-state index contributed by atoms with van der Waals surface area (Å²) in [4.78, 5) is 12.3. The smallest absolute Gasteiger partial charge is 0.246 e. The van der Waals surface area contributed by atoms with Gasteiger partial charge in [-0.25, -0.2) is 12.8 Å². The Morgan fingerprint density at radius 3 is 2.44 bits per heavy atom. The second-order valence-electron chi connectivity index (χ2n) is 6.97. The zero-order valence-corrected chi connectivity index (χ0v) is 16.2. The van der Waals surface area contributed by atoms with Crippen molar-refractivity contribution < 1.29 is 17.6 Å². The van der Waals surface area contributed by atoms with Gasteiger partial charge in [0.05, 0.1) is 0 Å². The van der Waals surface area contributed by atoms with E-state index >= 15 is 0 Å². The molecule has 0 unspecified atom stereocenters. The molecule has 0 spiro atoms. The van der Waals surface area contributed by atoms with Gasteiger partial charge in [-0.2, -0.15) is 4.31 Å². The van der Waals surface area contributed by atoms with Crippen molar-refractivity contribution >= 4 is 21.6 Å². The molecule has 1 saturated heterocycles. The van der Waals surface area contributed by atoms with Crippen molar-refractivity contribution in [3.63, 3.8) is 0 Å². The molecule has 27 heavy (non-hydrogen) atoms. The van der Waals surface area contributed by atoms with Crippen molar-refractivity contribution in [1.29, 1.82) is 0 Å². The third-order valence-corrected chi connectivity index (χ3v) is 6.72. The van der Waals surface area contributed by atoms with Crippen LogP contribution in [0, 0.1) is 5.82 Å². The number of amides is 1. The van der Waals surface area contributed by atoms with Crippen LogP contribution in [0.5, 0.6) is 0 Å². The lowest BCUT2D eigenvalue weighted by molar-refractivity contribution is -0.119. The number of sulfonamides is 1. The van der Waals surface area contributed by atoms with Gasteiger partial charge in [0, 0.05) is 12.2 Å². The minimum absolute atomic E-state index is 0.195. The van der Waals surface area contributed by atoms with Crippen molar-refractivity contribution in [2.45, 2.75) is 43.5 Å². The molecular weight excluding hydrogens is 367 g/mol. The Kier molecular flexibility index (Phi) is 5.62. The Balaban J connectivity index is 1.79. The highest BCUT2D eigenvalue weighted by Gasteiger charge is 2.40. The quantitative estimate of drug-likeness (QED) is 0.846. The van der Waals surface area contributed by atoms with E-state index in [0.717, 1.165) is 15.9 Å². The summed E-state index contributed by atoms with van der Waals surface area (Å²) in [7, 11) is -4.08. The first kappa shape index (κ1) is 19.5. The van der Waals surface area contributed by atoms with Crippen LogP contribution in [0.3, 0.4) is 0 Å². The molecule has 0 radical (unpaired) electrons. The van der Waals surface area contributed by atoms with Gasteiger partial charge in [-0.1, -0.05) is 38.1 Å². The first-order valence-electron chi connectivity index (χ1n) is 8.98. The molecule has 1 amide bonds. The molecule has 0 aromatic heterocycles. The van der Waals surface area contributed by atoms with Crippen LogP contribution < -0.4 is 5.32 Å². The summed E-state index contributed by atoms with van der Waals surface area (Å²) in [6.07, 6.45) is 0.960. The molecule has 2 aromatic rings. The zero-order chi connectivity index (χ0) is 19.6. The average molecular weight is 390 g/mol. The highest BCUT2D eigenvalue weighted by molar-refractivity contribution is 7.89. The normalized spacial score (nSPS) is 18.0. The van der Waals surface area contributed by atoms with Crippen LogP contribution in [0.25, 0.3) is 0 Å². The molecule has 1 aliphatic rings. The van der Waals surface area contributed by atoms with Crippen molar-refractivity contribution in [3.05, 3.63) is 59.9 Å². The molecule has 1 atom stereocenters. The summed E-state index contributed by atoms with van der Waals surface area (Å²) in [5, 5.41) is 2.78. The Morgan fingerprint density at radius 1 is 1.15 bits per heavy atom. The molecule has 1 N–H and O–H groups in total. The average Bonchev–Trinajstić information content (AvgIpc) is 3.13. The van der Waals surface area contributed by atoms with Gasteiger partial charge in [-0.05, 0) is 48.6 Å². The topological polar surface area (TPSA) is 66.5 Å². The minimum Gasteiger partial charge on any atom is -0.325 e. The number of nitrogens with zero attached hydrogens (tertiary/aromatic N) is 1. The summed E-state index contributed by atoms with van der Waals surface area (Å²) in [5.41, 5.74) is 1.76. The molecule has 0 aliphatic carbocycles. The van der Waals surface area contributed by atoms with Crippen molar-refractivity contribution in [2.75, 3.05) is 11.9 Å². The van der Waals surface area contributed by atoms with Gasteiger partial charge in [0.25, 0.3) is 0 Å². The maximum atomic E-state index is 14.0. The van der Waals surface area contributed by atoms with E-state index in [0.29, 0.717) is 24.4 Å². The van der Waals surface area contributed by atoms with E-state index in [2.05, 4.69) is 19.2 Å². The SMILES string of the molecule is CC(C)c1ccc(NC(=O)[C@H]2CCCN2S(=O)(=O)c2ccccc2F)cc1. The summed E-state index contributed by atoms with van der Waals surface area (Å²) in [5.74, 6) is -0.830. The Labute approximate surface area is 159 Å². The fourth-order valence-electron chi connectivity index (χ4n) is 3.25. The predicted molar refractivity (Wildman–Crippen MR) is 102 cm³/mol. The maximum absolute atomic E-state index is 14.0. The number of carbonyl (C=O) groups is 1. The standard InChI is InChI=1S/C20H23FN2O3S/c1-14(2)15-9-11-16(12-10-15)22-20(24)18-7-5-13-23(18)27(25,26)19-8-4-3-6-17(19)21/h3-4,6,8-12,14,18H,5,7,13H2,1-2H3,(H,22,24)/t18-/m1/s1. The van der Waals surface area contributed by atoms with E-state index in [4.69, 9.17) is 0 Å². The Hall–Kier alpha value is -2.25. The van der Waals surface area contributed by atoms with Crippen molar-refractivity contribution in [3.8, 4) is 0 Å². The summed E-state index contributed by atoms with van der Waals surface area (Å²) in [6.45, 7) is 4.36. The molecule has 2 aromatic carbocycles. The fraction of sp³-hybridized carbons (Fsp3) is 0.350. The van der Waals surface area contributed by atoms with Crippen LogP contribution in [0.15, 0.2) is 53.4 Å². The lowest BCUT2D eigenvalue weighted by Gasteiger charge is -2.23. The van der Waals surface area contributed by atoms with Gasteiger partial charge in [-0.3, -0.25) is 4.79 Å². The largest absolute Gasteiger partial charge is 0.325 e. The summed E-state index contributed by atoms with van der Waals surface area (Å²) >= 11 is 0. The fourth-order valence-corrected chi connectivity index (χ4v) is 4.97. The Bertz CT molecular complexity index is 926. The van der Waals surface area contributed by atoms with Crippen LogP contribution in [0.1, 0.15) is 38.2 Å². The monoisotopic (exact) mass is 390 g/mol. The minimum atomic E-state index is -4.08. The predicted octanol–water partition coefficient (Wildman–Crippen LogP) is 3.74. The number of benzene rings is 2. The molecule has 7 heteroatoms. The second kappa shape index (κ2) is 7.78. The van der Waals surface area contributed by atoms with Gasteiger partial charge in [-0.15, -0.1) is 0 Å². The highest BCUT2D eigenvalue weighted by atomic mass is 32.2. The van der Waals surface area contributed by atoms with Crippen molar-refractivity contribution in [1.82, 2.24) is 4.31 Å². The molecular formula is C20H23FN2O3S. The van der Waals surface area contributed by atoms with E-state index in [1.54, 1.807) is 12.1 Å². The van der Waals surface area contributed by atoms with E-state index in [1.807, 2.05) is 12.1 Å². The highest BCUT2D eigenvalue weighted by Crippen LogP contribution is 2.28. The lowest BCUT2D eigenvalue weighted by atomic mass is 10.0. The molecule has 5 nitrogen and oxygen atoms in total. The number of rotatable bonds is 5. The van der Waals surface area contributed by atoms with E-state index in [9.17, 15) is 17.6 Å². The maximum Gasteiger partial charge on any atom is 0.246 e. The summed E-state index contributed by atoms with van der Waals surface area (Å²) in [6, 6.07) is 11.9. The molecule has 3 rings (SSSR count). The third-order valence-electron chi connectivity index (χ3n) is 4.77. The number of nitrogens with one attached hydrogen (secondary N) is 1. The van der Waals surface area contributed by atoms with Gasteiger partial charge in [0.2, 0.25) is 15.9 Å². The second-order valence-corrected chi connectivity index (χ2v) is 8.83. The first-order chi connectivity index (χ1) is 12.8. The number of hydrogen-bond acceptors (Lipinski definition) is 3. The van der Waals surface area contributed by atoms with Crippen LogP contribution >= 0.6 is 0 Å². The molecule has 1 heterocycles. The lowest BCUT2D eigenvalue weighted by Crippen LogP contribution is -2.43. The number of halogens is 1. The van der Waals surface area contributed by atoms with Crippen LogP contribution in [0.2, 0.25) is 0 Å². The molecule has 1 aliphatic heterocycles. The number of anilines is 1. The molecule has 1 fully saturated rings. The van der Waals surface area contributed by atoms with Gasteiger partial charge >= 0.3 is 0 Å². The van der Waals surface area contributed by atoms with Crippen LogP contribution in [-0.2, 0) is 14.8 Å². The van der Waals surface area contributed by atoms with Gasteiger partial charge in [0.1, 0.15) is 16.8 Å². The number of carbonyl (C=O) groups excluding carboxylic acids is 1. The van der Waals surface area contributed by atoms with Crippen LogP contribution in [-0.4, -0.2) is 31.2 Å². The van der Waals surface area contributed by atoms with E-state index < -0.39 is 32.7 Å². The van der Waals surface area contributed by atoms with Crippen LogP contribution in [0.4, 0.5) is 10.1 Å². The molecule has 144 valence electrons. The van der Waals surface area contributed by atoms with E-state index in [1.165, 1.54) is 18.2 Å². The third kappa shape index (κ3) is 4.04. The molecule has 0 saturated carbocycles. The number of hydrogen-bond donors (Lipinski definition) is 1. The Morgan fingerprint density at radius 2 is 1.81 bits per heavy atom. The van der Waals surface area contributed by atoms with Crippen molar-refractivity contribution in [2.24, 2.45) is 0 Å². The van der Waals surface area contributed by atoms with Gasteiger partial charge in [0.15, 0.2) is 0 Å². The summed E-state index contributed by atoms with van der Waals surface area (Å²) < 4.78 is 40.8. The first-order valence-corrected chi connectivity index (χ1v) is 10.4. The molecule has 0 bridgehead atoms. The zero-order valence-electron chi connectivity index (χ0n) is 15.4. The van der Waals surface area contributed by atoms with Gasteiger partial charge < -0.3 is 5.32 Å². The van der Waals surface area contributed by atoms with E-state index in [-0.39, 0.29) is 6.54 Å².